The first-order valence-electron chi connectivity index (χ1n) is 14.5. The molecule has 0 bridgehead atoms. The van der Waals surface area contributed by atoms with Gasteiger partial charge in [-0.15, -0.1) is 0 Å². The Hall–Kier alpha value is -3.13. The van der Waals surface area contributed by atoms with Gasteiger partial charge in [-0.1, -0.05) is 59.9 Å². The highest BCUT2D eigenvalue weighted by atomic mass is 16.1. The van der Waals surface area contributed by atoms with Gasteiger partial charge >= 0.3 is 0 Å². The van der Waals surface area contributed by atoms with Crippen molar-refractivity contribution < 1.29 is 4.79 Å². The van der Waals surface area contributed by atoms with Gasteiger partial charge in [0.15, 0.2) is 0 Å². The molecule has 1 unspecified atom stereocenters. The molecule has 1 fully saturated rings. The third-order valence-electron chi connectivity index (χ3n) is 7.88. The molecule has 0 radical (unpaired) electrons. The van der Waals surface area contributed by atoms with E-state index in [1.807, 2.05) is 12.1 Å². The highest BCUT2D eigenvalue weighted by Gasteiger charge is 2.21. The lowest BCUT2D eigenvalue weighted by Gasteiger charge is -2.32. The number of piperidine rings is 1. The summed E-state index contributed by atoms with van der Waals surface area (Å²) < 4.78 is 0. The number of carbonyl (C=O) groups excluding carboxylic acids is 1. The van der Waals surface area contributed by atoms with Crippen molar-refractivity contribution in [3.63, 3.8) is 0 Å². The van der Waals surface area contributed by atoms with E-state index < -0.39 is 0 Å². The molecule has 0 aromatic heterocycles. The van der Waals surface area contributed by atoms with Gasteiger partial charge in [0.2, 0.25) is 0 Å². The molecule has 1 atom stereocenters. The molecule has 4 heteroatoms. The van der Waals surface area contributed by atoms with E-state index in [-0.39, 0.29) is 11.3 Å². The maximum Gasteiger partial charge on any atom is 0.251 e. The molecule has 4 nitrogen and oxygen atoms in total. The Kier molecular flexibility index (Phi) is 10.2. The molecule has 2 aromatic rings. The third kappa shape index (κ3) is 9.24. The van der Waals surface area contributed by atoms with Crippen molar-refractivity contribution >= 4 is 5.91 Å². The van der Waals surface area contributed by atoms with Crippen LogP contribution in [0.4, 0.5) is 0 Å². The van der Waals surface area contributed by atoms with Crippen LogP contribution in [0, 0.1) is 23.2 Å². The summed E-state index contributed by atoms with van der Waals surface area (Å²) >= 11 is 0. The molecule has 1 aliphatic carbocycles. The number of amides is 1. The van der Waals surface area contributed by atoms with E-state index in [4.69, 9.17) is 0 Å². The highest BCUT2D eigenvalue weighted by molar-refractivity contribution is 5.94. The van der Waals surface area contributed by atoms with Gasteiger partial charge in [0.1, 0.15) is 0 Å². The van der Waals surface area contributed by atoms with Crippen LogP contribution in [0.1, 0.15) is 66.6 Å². The molecule has 1 N–H and O–H groups in total. The van der Waals surface area contributed by atoms with Crippen LogP contribution in [0.15, 0.2) is 72.3 Å². The van der Waals surface area contributed by atoms with Gasteiger partial charge in [0.25, 0.3) is 5.91 Å². The van der Waals surface area contributed by atoms with E-state index in [1.165, 1.54) is 29.5 Å². The minimum absolute atomic E-state index is 0.0357. The fraction of sp³-hybridized carbons (Fsp3) is 0.457. The maximum absolute atomic E-state index is 12.6. The van der Waals surface area contributed by atoms with Crippen LogP contribution >= 0.6 is 0 Å². The summed E-state index contributed by atoms with van der Waals surface area (Å²) in [5, 5.41) is 3.06. The minimum atomic E-state index is -0.0767. The van der Waals surface area contributed by atoms with E-state index in [2.05, 4.69) is 110 Å². The van der Waals surface area contributed by atoms with Crippen LogP contribution in [-0.4, -0.2) is 56.0 Å². The van der Waals surface area contributed by atoms with Crippen molar-refractivity contribution in [3.8, 4) is 11.8 Å². The van der Waals surface area contributed by atoms with Crippen molar-refractivity contribution in [3.05, 3.63) is 94.6 Å². The number of carbonyl (C=O) groups is 1. The van der Waals surface area contributed by atoms with Crippen molar-refractivity contribution in [2.45, 2.75) is 52.5 Å². The molecule has 39 heavy (non-hydrogen) atoms. The van der Waals surface area contributed by atoms with Crippen LogP contribution in [0.2, 0.25) is 0 Å². The predicted octanol–water partition coefficient (Wildman–Crippen LogP) is 6.09. The Bertz CT molecular complexity index is 1240. The first-order chi connectivity index (χ1) is 18.8. The average molecular weight is 524 g/mol. The summed E-state index contributed by atoms with van der Waals surface area (Å²) in [5.41, 5.74) is 5.73. The number of benzene rings is 2. The Balaban J connectivity index is 1.24. The lowest BCUT2D eigenvalue weighted by atomic mass is 9.82. The first-order valence-corrected chi connectivity index (χ1v) is 14.5. The number of hydrogen-bond donors (Lipinski definition) is 1. The zero-order chi connectivity index (χ0) is 27.7. The maximum atomic E-state index is 12.6. The van der Waals surface area contributed by atoms with Gasteiger partial charge in [0, 0.05) is 24.2 Å². The highest BCUT2D eigenvalue weighted by Crippen LogP contribution is 2.28. The minimum Gasteiger partial charge on any atom is -0.352 e. The van der Waals surface area contributed by atoms with Crippen LogP contribution in [0.5, 0.6) is 0 Å². The molecule has 1 amide bonds. The molecule has 2 aliphatic rings. The van der Waals surface area contributed by atoms with Crippen LogP contribution in [0.25, 0.3) is 0 Å². The molecule has 1 saturated heterocycles. The zero-order valence-electron chi connectivity index (χ0n) is 24.3. The van der Waals surface area contributed by atoms with Gasteiger partial charge < -0.3 is 10.2 Å². The summed E-state index contributed by atoms with van der Waals surface area (Å²) in [6.45, 7) is 9.25. The SMILES string of the molecule is CC1=CCC(C)(C#Cc2cccc(CN3CCC(Cc4cccc(C(=O)NCCCN(C)C)c4)CC3)c2)C=C1. The summed E-state index contributed by atoms with van der Waals surface area (Å²) in [6, 6.07) is 17.0. The van der Waals surface area contributed by atoms with Gasteiger partial charge in [-0.2, -0.15) is 0 Å². The van der Waals surface area contributed by atoms with Gasteiger partial charge in [-0.05, 0) is 121 Å². The molecule has 1 heterocycles. The smallest absolute Gasteiger partial charge is 0.251 e. The lowest BCUT2D eigenvalue weighted by molar-refractivity contribution is 0.0952. The topological polar surface area (TPSA) is 35.6 Å². The first kappa shape index (κ1) is 28.9. The second-order valence-corrected chi connectivity index (χ2v) is 11.9. The van der Waals surface area contributed by atoms with Gasteiger partial charge in [-0.25, -0.2) is 0 Å². The standard InChI is InChI=1S/C35H45N3O/c1-28-12-17-35(2,18-13-28)19-14-29-8-5-10-32(25-29)27-38-22-15-30(16-23-38)24-31-9-6-11-33(26-31)34(39)36-20-7-21-37(3)4/h5-6,8-13,17,25-26,30H,7,15-16,18,20-24,27H2,1-4H3,(H,36,39). The fourth-order valence-corrected chi connectivity index (χ4v) is 5.36. The molecular weight excluding hydrogens is 478 g/mol. The molecule has 1 aliphatic heterocycles. The molecule has 2 aromatic carbocycles. The molecule has 4 rings (SSSR count). The average Bonchev–Trinajstić information content (AvgIpc) is 2.93. The van der Waals surface area contributed by atoms with E-state index >= 15 is 0 Å². The number of likely N-dealkylation sites (tertiary alicyclic amines) is 1. The van der Waals surface area contributed by atoms with E-state index in [1.54, 1.807) is 0 Å². The summed E-state index contributed by atoms with van der Waals surface area (Å²) in [5.74, 6) is 7.63. The number of hydrogen-bond acceptors (Lipinski definition) is 3. The quantitative estimate of drug-likeness (QED) is 0.319. The second-order valence-electron chi connectivity index (χ2n) is 11.9. The Morgan fingerprint density at radius 2 is 1.87 bits per heavy atom. The lowest BCUT2D eigenvalue weighted by Crippen LogP contribution is -2.33. The van der Waals surface area contributed by atoms with E-state index in [0.29, 0.717) is 12.5 Å². The normalized spacial score (nSPS) is 19.9. The van der Waals surface area contributed by atoms with Crippen LogP contribution in [-0.2, 0) is 13.0 Å². The molecule has 206 valence electrons. The van der Waals surface area contributed by atoms with E-state index in [9.17, 15) is 4.79 Å². The fourth-order valence-electron chi connectivity index (χ4n) is 5.36. The van der Waals surface area contributed by atoms with Crippen LogP contribution < -0.4 is 5.32 Å². The molecule has 0 spiro atoms. The summed E-state index contributed by atoms with van der Waals surface area (Å²) in [4.78, 5) is 17.3. The summed E-state index contributed by atoms with van der Waals surface area (Å²) in [7, 11) is 4.11. The van der Waals surface area contributed by atoms with Gasteiger partial charge in [0.05, 0.1) is 5.41 Å². The number of allylic oxidation sites excluding steroid dienone is 4. The van der Waals surface area contributed by atoms with Crippen LogP contribution in [0.3, 0.4) is 0 Å². The van der Waals surface area contributed by atoms with Gasteiger partial charge in [-0.3, -0.25) is 9.69 Å². The van der Waals surface area contributed by atoms with Crippen molar-refractivity contribution in [1.82, 2.24) is 15.1 Å². The van der Waals surface area contributed by atoms with E-state index in [0.717, 1.165) is 56.6 Å². The second kappa shape index (κ2) is 13.8. The predicted molar refractivity (Wildman–Crippen MR) is 163 cm³/mol. The molecule has 0 saturated carbocycles. The Labute approximate surface area is 236 Å². The number of nitrogens with one attached hydrogen (secondary N) is 1. The monoisotopic (exact) mass is 523 g/mol. The Morgan fingerprint density at radius 1 is 1.10 bits per heavy atom. The number of nitrogens with zero attached hydrogens (tertiary/aromatic N) is 2. The number of rotatable bonds is 9. The summed E-state index contributed by atoms with van der Waals surface area (Å²) in [6.07, 6.45) is 12.1. The largest absolute Gasteiger partial charge is 0.352 e. The van der Waals surface area contributed by atoms with Crippen molar-refractivity contribution in [2.24, 2.45) is 11.3 Å². The molecular formula is C35H45N3O. The third-order valence-corrected chi connectivity index (χ3v) is 7.88. The van der Waals surface area contributed by atoms with Crippen molar-refractivity contribution in [2.75, 3.05) is 40.3 Å². The van der Waals surface area contributed by atoms with Crippen molar-refractivity contribution in [1.29, 1.82) is 0 Å². The Morgan fingerprint density at radius 3 is 2.62 bits per heavy atom. The zero-order valence-corrected chi connectivity index (χ0v) is 24.3.